The molecule has 94 valence electrons. The molecule has 0 amide bonds. The zero-order valence-corrected chi connectivity index (χ0v) is 13.0. The van der Waals surface area contributed by atoms with Gasteiger partial charge in [0.05, 0.1) is 0 Å². The third-order valence-corrected chi connectivity index (χ3v) is 5.77. The van der Waals surface area contributed by atoms with E-state index < -0.39 is 0 Å². The summed E-state index contributed by atoms with van der Waals surface area (Å²) in [5.74, 6) is 0.974. The fraction of sp³-hybridized carbons (Fsp3) is 0.250. The summed E-state index contributed by atoms with van der Waals surface area (Å²) in [6.45, 7) is 6.25. The van der Waals surface area contributed by atoms with Crippen molar-refractivity contribution in [3.63, 3.8) is 0 Å². The minimum atomic E-state index is -0.137. The van der Waals surface area contributed by atoms with Gasteiger partial charge >= 0.3 is 119 Å². The van der Waals surface area contributed by atoms with E-state index in [0.29, 0.717) is 0 Å². The van der Waals surface area contributed by atoms with Crippen molar-refractivity contribution in [3.05, 3.63) is 49.6 Å². The van der Waals surface area contributed by atoms with Crippen LogP contribution in [0, 0.1) is 7.14 Å². The Labute approximate surface area is 118 Å². The molecular formula is C16H16IO-. The van der Waals surface area contributed by atoms with Crippen LogP contribution in [-0.2, 0) is 0 Å². The summed E-state index contributed by atoms with van der Waals surface area (Å²) in [6, 6.07) is 15.3. The monoisotopic (exact) mass is 351 g/mol. The van der Waals surface area contributed by atoms with Crippen molar-refractivity contribution >= 4 is 0 Å². The quantitative estimate of drug-likeness (QED) is 0.594. The third kappa shape index (κ3) is 2.26. The van der Waals surface area contributed by atoms with Crippen molar-refractivity contribution in [2.24, 2.45) is 0 Å². The Kier molecular flexibility index (Phi) is 2.85. The second-order valence-corrected chi connectivity index (χ2v) is 8.29. The Bertz CT molecular complexity index is 596. The maximum atomic E-state index is 5.95. The topological polar surface area (TPSA) is 9.23 Å². The fourth-order valence-corrected chi connectivity index (χ4v) is 4.95. The summed E-state index contributed by atoms with van der Waals surface area (Å²) in [6.07, 6.45) is 0. The van der Waals surface area contributed by atoms with E-state index in [0.717, 1.165) is 5.75 Å². The number of benzene rings is 2. The Hall–Kier alpha value is -1.03. The predicted octanol–water partition coefficient (Wildman–Crippen LogP) is 0.973. The van der Waals surface area contributed by atoms with Gasteiger partial charge in [-0.2, -0.15) is 0 Å². The molecule has 0 aromatic heterocycles. The number of rotatable bonds is 1. The molecule has 0 unspecified atom stereocenters. The van der Waals surface area contributed by atoms with E-state index in [1.165, 1.54) is 18.3 Å². The van der Waals surface area contributed by atoms with Crippen molar-refractivity contribution in [3.8, 4) is 16.9 Å². The normalized spacial score (nSPS) is 13.5. The molecule has 2 aromatic rings. The first-order valence-corrected chi connectivity index (χ1v) is 8.26. The average molecular weight is 351 g/mol. The van der Waals surface area contributed by atoms with Gasteiger partial charge in [-0.3, -0.25) is 0 Å². The minimum absolute atomic E-state index is 0.000378. The van der Waals surface area contributed by atoms with Crippen LogP contribution >= 0.6 is 0 Å². The van der Waals surface area contributed by atoms with Gasteiger partial charge in [0.2, 0.25) is 0 Å². The molecule has 0 saturated heterocycles. The van der Waals surface area contributed by atoms with Gasteiger partial charge < -0.3 is 0 Å². The van der Waals surface area contributed by atoms with Crippen LogP contribution in [0.3, 0.4) is 0 Å². The Morgan fingerprint density at radius 3 is 2.39 bits per heavy atom. The molecule has 0 radical (unpaired) electrons. The first-order valence-electron chi connectivity index (χ1n) is 6.10. The first kappa shape index (κ1) is 12.0. The zero-order valence-electron chi connectivity index (χ0n) is 10.8. The van der Waals surface area contributed by atoms with E-state index in [9.17, 15) is 0 Å². The van der Waals surface area contributed by atoms with Gasteiger partial charge in [0.25, 0.3) is 0 Å². The van der Waals surface area contributed by atoms with Crippen LogP contribution in [0.5, 0.6) is 5.75 Å². The fourth-order valence-electron chi connectivity index (χ4n) is 2.08. The van der Waals surface area contributed by atoms with E-state index in [1.54, 1.807) is 0 Å². The predicted molar refractivity (Wildman–Crippen MR) is 69.7 cm³/mol. The van der Waals surface area contributed by atoms with Gasteiger partial charge in [-0.1, -0.05) is 0 Å². The van der Waals surface area contributed by atoms with Crippen LogP contribution in [0.1, 0.15) is 20.8 Å². The Balaban J connectivity index is 2.03. The van der Waals surface area contributed by atoms with E-state index in [4.69, 9.17) is 4.74 Å². The number of hydrogen-bond acceptors (Lipinski definition) is 1. The molecule has 0 N–H and O–H groups in total. The molecule has 1 aliphatic heterocycles. The molecule has 3 rings (SSSR count). The second kappa shape index (κ2) is 4.26. The van der Waals surface area contributed by atoms with Crippen molar-refractivity contribution in [2.45, 2.75) is 26.4 Å². The molecule has 0 atom stereocenters. The van der Waals surface area contributed by atoms with E-state index in [-0.39, 0.29) is 26.8 Å². The molecule has 0 aliphatic carbocycles. The average Bonchev–Trinajstić information content (AvgIpc) is 2.65. The molecule has 0 spiro atoms. The first-order chi connectivity index (χ1) is 8.53. The molecular weight excluding hydrogens is 335 g/mol. The summed E-state index contributed by atoms with van der Waals surface area (Å²) >= 11 is 0.000378. The molecule has 1 nitrogen and oxygen atoms in total. The number of hydrogen-bond donors (Lipinski definition) is 0. The van der Waals surface area contributed by atoms with Gasteiger partial charge in [-0.05, 0) is 0 Å². The summed E-state index contributed by atoms with van der Waals surface area (Å²) in [5.41, 5.74) is 2.64. The molecule has 0 bridgehead atoms. The van der Waals surface area contributed by atoms with Crippen LogP contribution in [0.25, 0.3) is 11.1 Å². The van der Waals surface area contributed by atoms with Crippen molar-refractivity contribution in [2.75, 3.05) is 0 Å². The van der Waals surface area contributed by atoms with Crippen molar-refractivity contribution in [1.29, 1.82) is 0 Å². The van der Waals surface area contributed by atoms with Crippen LogP contribution < -0.4 is 25.9 Å². The van der Waals surface area contributed by atoms with E-state index >= 15 is 0 Å². The van der Waals surface area contributed by atoms with E-state index in [2.05, 4.69) is 63.2 Å². The number of halogens is 1. The van der Waals surface area contributed by atoms with Crippen molar-refractivity contribution in [1.82, 2.24) is 0 Å². The van der Waals surface area contributed by atoms with Gasteiger partial charge in [-0.25, -0.2) is 0 Å². The molecule has 0 saturated carbocycles. The molecule has 18 heavy (non-hydrogen) atoms. The second-order valence-electron chi connectivity index (χ2n) is 5.43. The SMILES string of the molecule is CC(C)(C)Oc1ccc2c(c1)-c1ccccc1[I-]2. The molecule has 1 heterocycles. The van der Waals surface area contributed by atoms with Crippen LogP contribution in [0.4, 0.5) is 0 Å². The van der Waals surface area contributed by atoms with Crippen molar-refractivity contribution < 1.29 is 25.9 Å². The van der Waals surface area contributed by atoms with Crippen LogP contribution in [-0.4, -0.2) is 5.60 Å². The molecule has 2 aromatic carbocycles. The number of ether oxygens (including phenoxy) is 1. The zero-order chi connectivity index (χ0) is 12.8. The molecule has 1 aliphatic rings. The van der Waals surface area contributed by atoms with Gasteiger partial charge in [0.15, 0.2) is 0 Å². The summed E-state index contributed by atoms with van der Waals surface area (Å²) in [7, 11) is 0. The van der Waals surface area contributed by atoms with E-state index in [1.807, 2.05) is 0 Å². The molecule has 0 fully saturated rings. The molecule has 2 heteroatoms. The summed E-state index contributed by atoms with van der Waals surface area (Å²) in [4.78, 5) is 0. The van der Waals surface area contributed by atoms with Gasteiger partial charge in [-0.15, -0.1) is 0 Å². The summed E-state index contributed by atoms with van der Waals surface area (Å²) in [5, 5.41) is 0. The summed E-state index contributed by atoms with van der Waals surface area (Å²) < 4.78 is 8.99. The van der Waals surface area contributed by atoms with Gasteiger partial charge in [0, 0.05) is 0 Å². The van der Waals surface area contributed by atoms with Gasteiger partial charge in [0.1, 0.15) is 0 Å². The Morgan fingerprint density at radius 1 is 0.889 bits per heavy atom. The standard InChI is InChI=1S/C16H16IO/c1-16(2,3)18-11-8-9-15-13(10-11)12-6-4-5-7-14(12)17-15/h4-10H,1-3H3/q-1. The number of fused-ring (bicyclic) bond motifs is 3. The van der Waals surface area contributed by atoms with Crippen LogP contribution in [0.2, 0.25) is 0 Å². The van der Waals surface area contributed by atoms with Crippen LogP contribution in [0.15, 0.2) is 42.5 Å². The third-order valence-electron chi connectivity index (χ3n) is 2.73. The maximum absolute atomic E-state index is 5.95. The Morgan fingerprint density at radius 2 is 1.61 bits per heavy atom.